The smallest absolute Gasteiger partial charge is 0.261 e. The van der Waals surface area contributed by atoms with Crippen LogP contribution in [0.1, 0.15) is 22.3 Å². The van der Waals surface area contributed by atoms with Gasteiger partial charge in [-0.3, -0.25) is 9.59 Å². The number of hydrogen-bond donors (Lipinski definition) is 1. The highest BCUT2D eigenvalue weighted by atomic mass is 35.5. The summed E-state index contributed by atoms with van der Waals surface area (Å²) >= 11 is 6.25. The maximum atomic E-state index is 13.8. The molecule has 4 aromatic rings. The van der Waals surface area contributed by atoms with E-state index >= 15 is 0 Å². The van der Waals surface area contributed by atoms with Gasteiger partial charge in [0.05, 0.1) is 12.1 Å². The Kier molecular flexibility index (Phi) is 10.2. The van der Waals surface area contributed by atoms with Gasteiger partial charge in [-0.05, 0) is 47.9 Å². The SMILES string of the molecule is COc1ccc(CN(C(=O)COc2ccccc2Cl)[C@H](Cc2ccccc2)C(=O)NCc2ccc(C)cc2)cc1. The normalized spacial score (nSPS) is 11.4. The maximum Gasteiger partial charge on any atom is 0.261 e. The topological polar surface area (TPSA) is 67.9 Å². The van der Waals surface area contributed by atoms with Gasteiger partial charge in [0.2, 0.25) is 5.91 Å². The Morgan fingerprint density at radius 3 is 2.15 bits per heavy atom. The van der Waals surface area contributed by atoms with Gasteiger partial charge < -0.3 is 19.7 Å². The molecule has 0 aliphatic heterocycles. The van der Waals surface area contributed by atoms with Crippen LogP contribution in [0.4, 0.5) is 0 Å². The summed E-state index contributed by atoms with van der Waals surface area (Å²) in [7, 11) is 1.60. The Morgan fingerprint density at radius 1 is 0.825 bits per heavy atom. The number of aryl methyl sites for hydroxylation is 1. The quantitative estimate of drug-likeness (QED) is 0.233. The van der Waals surface area contributed by atoms with Gasteiger partial charge in [0.1, 0.15) is 17.5 Å². The van der Waals surface area contributed by atoms with Crippen LogP contribution in [-0.4, -0.2) is 36.5 Å². The number of amides is 2. The first-order valence-corrected chi connectivity index (χ1v) is 13.5. The Hall–Kier alpha value is -4.29. The third kappa shape index (κ3) is 8.10. The minimum absolute atomic E-state index is 0.212. The molecule has 0 radical (unpaired) electrons. The lowest BCUT2D eigenvalue weighted by molar-refractivity contribution is -0.142. The number of halogens is 1. The molecule has 0 spiro atoms. The van der Waals surface area contributed by atoms with Gasteiger partial charge >= 0.3 is 0 Å². The lowest BCUT2D eigenvalue weighted by atomic mass is 10.0. The zero-order valence-electron chi connectivity index (χ0n) is 22.7. The van der Waals surface area contributed by atoms with Crippen LogP contribution < -0.4 is 14.8 Å². The molecule has 6 nitrogen and oxygen atoms in total. The summed E-state index contributed by atoms with van der Waals surface area (Å²) in [5.41, 5.74) is 3.92. The fourth-order valence-electron chi connectivity index (χ4n) is 4.28. The Balaban J connectivity index is 1.61. The van der Waals surface area contributed by atoms with Gasteiger partial charge in [-0.25, -0.2) is 0 Å². The minimum atomic E-state index is -0.780. The van der Waals surface area contributed by atoms with Crippen molar-refractivity contribution in [1.82, 2.24) is 10.2 Å². The average Bonchev–Trinajstić information content (AvgIpc) is 2.98. The molecular formula is C33H33ClN2O4. The van der Waals surface area contributed by atoms with E-state index in [-0.39, 0.29) is 25.0 Å². The Labute approximate surface area is 240 Å². The number of para-hydroxylation sites is 1. The van der Waals surface area contributed by atoms with Crippen molar-refractivity contribution in [1.29, 1.82) is 0 Å². The molecule has 206 valence electrons. The van der Waals surface area contributed by atoms with Crippen molar-refractivity contribution in [3.05, 3.63) is 130 Å². The lowest BCUT2D eigenvalue weighted by Crippen LogP contribution is -2.51. The van der Waals surface area contributed by atoms with E-state index in [1.165, 1.54) is 0 Å². The van der Waals surface area contributed by atoms with E-state index in [0.29, 0.717) is 29.5 Å². The van der Waals surface area contributed by atoms with Gasteiger partial charge in [0, 0.05) is 19.5 Å². The molecule has 0 saturated carbocycles. The highest BCUT2D eigenvalue weighted by molar-refractivity contribution is 6.32. The van der Waals surface area contributed by atoms with E-state index in [0.717, 1.165) is 22.3 Å². The number of ether oxygens (including phenoxy) is 2. The van der Waals surface area contributed by atoms with Crippen LogP contribution in [-0.2, 0) is 29.1 Å². The fraction of sp³-hybridized carbons (Fsp3) is 0.212. The van der Waals surface area contributed by atoms with Crippen LogP contribution in [0.5, 0.6) is 11.5 Å². The van der Waals surface area contributed by atoms with Gasteiger partial charge in [-0.15, -0.1) is 0 Å². The van der Waals surface area contributed by atoms with E-state index in [4.69, 9.17) is 21.1 Å². The minimum Gasteiger partial charge on any atom is -0.497 e. The van der Waals surface area contributed by atoms with Crippen LogP contribution >= 0.6 is 11.6 Å². The number of rotatable bonds is 12. The first-order chi connectivity index (χ1) is 19.4. The van der Waals surface area contributed by atoms with E-state index in [9.17, 15) is 9.59 Å². The number of hydrogen-bond acceptors (Lipinski definition) is 4. The van der Waals surface area contributed by atoms with E-state index in [1.54, 1.807) is 36.3 Å². The summed E-state index contributed by atoms with van der Waals surface area (Å²) in [4.78, 5) is 29.1. The number of carbonyl (C=O) groups is 2. The Bertz CT molecular complexity index is 1390. The van der Waals surface area contributed by atoms with E-state index in [1.807, 2.05) is 85.8 Å². The van der Waals surface area contributed by atoms with Crippen molar-refractivity contribution in [2.75, 3.05) is 13.7 Å². The monoisotopic (exact) mass is 556 g/mol. The van der Waals surface area contributed by atoms with Crippen LogP contribution in [0.3, 0.4) is 0 Å². The van der Waals surface area contributed by atoms with Crippen molar-refractivity contribution in [2.45, 2.75) is 32.5 Å². The molecule has 40 heavy (non-hydrogen) atoms. The summed E-state index contributed by atoms with van der Waals surface area (Å²) in [5.74, 6) is 0.539. The molecule has 0 aliphatic carbocycles. The summed E-state index contributed by atoms with van der Waals surface area (Å²) in [6.45, 7) is 2.32. The molecule has 0 aromatic heterocycles. The fourth-order valence-corrected chi connectivity index (χ4v) is 4.47. The molecular weight excluding hydrogens is 524 g/mol. The lowest BCUT2D eigenvalue weighted by Gasteiger charge is -2.31. The molecule has 1 N–H and O–H groups in total. The zero-order chi connectivity index (χ0) is 28.3. The predicted molar refractivity (Wildman–Crippen MR) is 157 cm³/mol. The second-order valence-corrected chi connectivity index (χ2v) is 9.90. The van der Waals surface area contributed by atoms with Gasteiger partial charge in [0.15, 0.2) is 6.61 Å². The van der Waals surface area contributed by atoms with E-state index in [2.05, 4.69) is 5.32 Å². The molecule has 7 heteroatoms. The van der Waals surface area contributed by atoms with Crippen LogP contribution in [0.2, 0.25) is 5.02 Å². The Morgan fingerprint density at radius 2 is 1.48 bits per heavy atom. The van der Waals surface area contributed by atoms with Gasteiger partial charge in [0.25, 0.3) is 5.91 Å². The molecule has 0 bridgehead atoms. The van der Waals surface area contributed by atoms with Crippen molar-refractivity contribution in [3.8, 4) is 11.5 Å². The largest absolute Gasteiger partial charge is 0.497 e. The summed E-state index contributed by atoms with van der Waals surface area (Å²) < 4.78 is 11.1. The summed E-state index contributed by atoms with van der Waals surface area (Å²) in [6.07, 6.45) is 0.342. The molecule has 2 amide bonds. The van der Waals surface area contributed by atoms with Crippen LogP contribution in [0.15, 0.2) is 103 Å². The third-order valence-electron chi connectivity index (χ3n) is 6.56. The highest BCUT2D eigenvalue weighted by Gasteiger charge is 2.30. The number of nitrogens with zero attached hydrogens (tertiary/aromatic N) is 1. The van der Waals surface area contributed by atoms with E-state index < -0.39 is 6.04 Å². The molecule has 4 rings (SSSR count). The molecule has 1 atom stereocenters. The predicted octanol–water partition coefficient (Wildman–Crippen LogP) is 5.99. The van der Waals surface area contributed by atoms with Crippen molar-refractivity contribution < 1.29 is 19.1 Å². The number of carbonyl (C=O) groups excluding carboxylic acids is 2. The second-order valence-electron chi connectivity index (χ2n) is 9.50. The number of methoxy groups -OCH3 is 1. The number of benzene rings is 4. The second kappa shape index (κ2) is 14.2. The molecule has 0 fully saturated rings. The first-order valence-electron chi connectivity index (χ1n) is 13.1. The zero-order valence-corrected chi connectivity index (χ0v) is 23.4. The molecule has 0 saturated heterocycles. The van der Waals surface area contributed by atoms with Crippen molar-refractivity contribution >= 4 is 23.4 Å². The molecule has 0 aliphatic rings. The first kappa shape index (κ1) is 28.7. The van der Waals surface area contributed by atoms with Gasteiger partial charge in [-0.2, -0.15) is 0 Å². The van der Waals surface area contributed by atoms with Crippen LogP contribution in [0.25, 0.3) is 0 Å². The summed E-state index contributed by atoms with van der Waals surface area (Å²) in [5, 5.41) is 3.46. The summed E-state index contributed by atoms with van der Waals surface area (Å²) in [6, 6.07) is 31.3. The van der Waals surface area contributed by atoms with Gasteiger partial charge in [-0.1, -0.05) is 96.0 Å². The maximum absolute atomic E-state index is 13.8. The molecule has 0 heterocycles. The number of nitrogens with one attached hydrogen (secondary N) is 1. The molecule has 0 unspecified atom stereocenters. The van der Waals surface area contributed by atoms with Crippen LogP contribution in [0, 0.1) is 6.92 Å². The molecule has 4 aromatic carbocycles. The van der Waals surface area contributed by atoms with Crippen molar-refractivity contribution in [3.63, 3.8) is 0 Å². The average molecular weight is 557 g/mol. The third-order valence-corrected chi connectivity index (χ3v) is 6.87. The standard InChI is InChI=1S/C33H33ClN2O4/c1-24-12-14-26(15-13-24)21-35-33(38)30(20-25-8-4-3-5-9-25)36(22-27-16-18-28(39-2)19-17-27)32(37)23-40-31-11-7-6-10-29(31)34/h3-19,30H,20-23H2,1-2H3,(H,35,38)/t30-/m1/s1. The van der Waals surface area contributed by atoms with Crippen molar-refractivity contribution in [2.24, 2.45) is 0 Å². The highest BCUT2D eigenvalue weighted by Crippen LogP contribution is 2.24.